The van der Waals surface area contributed by atoms with Crippen LogP contribution in [0.1, 0.15) is 51.9 Å². The normalized spacial score (nSPS) is 43.0. The molecular formula is C15H28N2S. The molecule has 0 radical (unpaired) electrons. The molecule has 104 valence electrons. The van der Waals surface area contributed by atoms with Gasteiger partial charge in [-0.2, -0.15) is 11.8 Å². The highest BCUT2D eigenvalue weighted by Gasteiger charge is 2.49. The zero-order valence-corrected chi connectivity index (χ0v) is 12.6. The van der Waals surface area contributed by atoms with Gasteiger partial charge in [0.05, 0.1) is 0 Å². The van der Waals surface area contributed by atoms with E-state index in [9.17, 15) is 0 Å². The second kappa shape index (κ2) is 5.34. The van der Waals surface area contributed by atoms with Crippen molar-refractivity contribution in [1.82, 2.24) is 4.90 Å². The van der Waals surface area contributed by atoms with Crippen LogP contribution in [-0.2, 0) is 0 Å². The average molecular weight is 268 g/mol. The molecule has 2 N–H and O–H groups in total. The summed E-state index contributed by atoms with van der Waals surface area (Å²) in [4.78, 5) is 2.87. The van der Waals surface area contributed by atoms with Gasteiger partial charge in [-0.15, -0.1) is 0 Å². The smallest absolute Gasteiger partial charge is 0.0458 e. The van der Waals surface area contributed by atoms with Crippen LogP contribution in [-0.4, -0.2) is 40.6 Å². The maximum Gasteiger partial charge on any atom is 0.0458 e. The minimum Gasteiger partial charge on any atom is -0.329 e. The number of nitrogens with zero attached hydrogens (tertiary/aromatic N) is 1. The fourth-order valence-electron chi connectivity index (χ4n) is 4.71. The van der Waals surface area contributed by atoms with E-state index in [-0.39, 0.29) is 0 Å². The molecule has 2 nitrogen and oxygen atoms in total. The van der Waals surface area contributed by atoms with Crippen LogP contribution in [0.5, 0.6) is 0 Å². The maximum absolute atomic E-state index is 6.24. The molecule has 0 aromatic carbocycles. The van der Waals surface area contributed by atoms with Crippen molar-refractivity contribution >= 4 is 11.8 Å². The first-order valence-corrected chi connectivity index (χ1v) is 8.91. The highest BCUT2D eigenvalue weighted by molar-refractivity contribution is 8.00. The summed E-state index contributed by atoms with van der Waals surface area (Å²) in [5, 5.41) is 0.726. The number of rotatable bonds is 3. The van der Waals surface area contributed by atoms with Crippen LogP contribution in [0.25, 0.3) is 0 Å². The van der Waals surface area contributed by atoms with Gasteiger partial charge in [0.25, 0.3) is 0 Å². The first-order chi connectivity index (χ1) is 8.78. The number of thioether (sulfide) groups is 1. The van der Waals surface area contributed by atoms with Crippen molar-refractivity contribution < 1.29 is 0 Å². The van der Waals surface area contributed by atoms with Crippen LogP contribution in [0.4, 0.5) is 0 Å². The average Bonchev–Trinajstić information content (AvgIpc) is 3.08. The quantitative estimate of drug-likeness (QED) is 0.853. The van der Waals surface area contributed by atoms with Crippen molar-refractivity contribution in [3.8, 4) is 0 Å². The highest BCUT2D eigenvalue weighted by atomic mass is 32.2. The van der Waals surface area contributed by atoms with Crippen LogP contribution in [0.2, 0.25) is 0 Å². The Labute approximate surface area is 116 Å². The SMILES string of the molecule is CC1SCCC1(CN)N1CCCC1C1CCCC1. The van der Waals surface area contributed by atoms with Gasteiger partial charge in [0, 0.05) is 23.4 Å². The monoisotopic (exact) mass is 268 g/mol. The Morgan fingerprint density at radius 2 is 2.00 bits per heavy atom. The van der Waals surface area contributed by atoms with Gasteiger partial charge >= 0.3 is 0 Å². The van der Waals surface area contributed by atoms with Gasteiger partial charge in [-0.25, -0.2) is 0 Å². The summed E-state index contributed by atoms with van der Waals surface area (Å²) < 4.78 is 0. The minimum absolute atomic E-state index is 0.328. The lowest BCUT2D eigenvalue weighted by Gasteiger charge is -2.46. The third kappa shape index (κ3) is 2.03. The van der Waals surface area contributed by atoms with E-state index in [4.69, 9.17) is 5.73 Å². The zero-order chi connectivity index (χ0) is 12.6. The molecule has 0 amide bonds. The lowest BCUT2D eigenvalue weighted by molar-refractivity contribution is 0.0568. The van der Waals surface area contributed by atoms with Gasteiger partial charge < -0.3 is 5.73 Å². The summed E-state index contributed by atoms with van der Waals surface area (Å²) in [7, 11) is 0. The first-order valence-electron chi connectivity index (χ1n) is 7.86. The Balaban J connectivity index is 1.80. The number of nitrogens with two attached hydrogens (primary N) is 1. The van der Waals surface area contributed by atoms with Crippen molar-refractivity contribution in [2.45, 2.75) is 68.7 Å². The van der Waals surface area contributed by atoms with Crippen molar-refractivity contribution in [2.24, 2.45) is 11.7 Å². The maximum atomic E-state index is 6.24. The molecule has 0 spiro atoms. The molecule has 18 heavy (non-hydrogen) atoms. The molecule has 3 atom stereocenters. The summed E-state index contributed by atoms with van der Waals surface area (Å²) in [6, 6.07) is 0.859. The largest absolute Gasteiger partial charge is 0.329 e. The Morgan fingerprint density at radius 3 is 2.61 bits per heavy atom. The van der Waals surface area contributed by atoms with Crippen LogP contribution in [0.3, 0.4) is 0 Å². The van der Waals surface area contributed by atoms with Gasteiger partial charge in [0.2, 0.25) is 0 Å². The molecule has 0 aromatic heterocycles. The van der Waals surface area contributed by atoms with Crippen molar-refractivity contribution in [2.75, 3.05) is 18.8 Å². The van der Waals surface area contributed by atoms with Crippen molar-refractivity contribution in [3.05, 3.63) is 0 Å². The fraction of sp³-hybridized carbons (Fsp3) is 1.00. The van der Waals surface area contributed by atoms with E-state index >= 15 is 0 Å². The Morgan fingerprint density at radius 1 is 1.22 bits per heavy atom. The van der Waals surface area contributed by atoms with E-state index in [0.717, 1.165) is 23.8 Å². The molecule has 1 aliphatic carbocycles. The Kier molecular flexibility index (Phi) is 3.93. The van der Waals surface area contributed by atoms with Gasteiger partial charge in [0.15, 0.2) is 0 Å². The molecule has 3 fully saturated rings. The Hall–Kier alpha value is 0.270. The molecule has 2 saturated heterocycles. The predicted octanol–water partition coefficient (Wildman–Crippen LogP) is 2.86. The molecule has 2 heterocycles. The van der Waals surface area contributed by atoms with Gasteiger partial charge in [-0.05, 0) is 50.3 Å². The molecule has 2 aliphatic heterocycles. The van der Waals surface area contributed by atoms with E-state index in [1.807, 2.05) is 0 Å². The molecule has 0 bridgehead atoms. The lowest BCUT2D eigenvalue weighted by Crippen LogP contribution is -2.60. The van der Waals surface area contributed by atoms with Crippen molar-refractivity contribution in [3.63, 3.8) is 0 Å². The second-order valence-corrected chi connectivity index (χ2v) is 7.97. The third-order valence-electron chi connectivity index (χ3n) is 5.83. The number of hydrogen-bond donors (Lipinski definition) is 1. The second-order valence-electron chi connectivity index (χ2n) is 6.52. The first kappa shape index (κ1) is 13.3. The summed E-state index contributed by atoms with van der Waals surface area (Å²) in [5.74, 6) is 2.29. The number of likely N-dealkylation sites (tertiary alicyclic amines) is 1. The van der Waals surface area contributed by atoms with Gasteiger partial charge in [-0.1, -0.05) is 19.8 Å². The minimum atomic E-state index is 0.328. The van der Waals surface area contributed by atoms with Crippen molar-refractivity contribution in [1.29, 1.82) is 0 Å². The van der Waals surface area contributed by atoms with E-state index in [2.05, 4.69) is 23.6 Å². The summed E-state index contributed by atoms with van der Waals surface area (Å²) in [6.07, 6.45) is 10.0. The zero-order valence-electron chi connectivity index (χ0n) is 11.7. The number of hydrogen-bond acceptors (Lipinski definition) is 3. The fourth-order valence-corrected chi connectivity index (χ4v) is 6.20. The van der Waals surface area contributed by atoms with Crippen LogP contribution >= 0.6 is 11.8 Å². The Bertz CT molecular complexity index is 290. The predicted molar refractivity (Wildman–Crippen MR) is 80.0 cm³/mol. The lowest BCUT2D eigenvalue weighted by atomic mass is 9.86. The molecule has 1 saturated carbocycles. The molecule has 3 heteroatoms. The van der Waals surface area contributed by atoms with Gasteiger partial charge in [-0.3, -0.25) is 4.90 Å². The molecule has 3 aliphatic rings. The molecular weight excluding hydrogens is 240 g/mol. The highest BCUT2D eigenvalue weighted by Crippen LogP contribution is 2.46. The van der Waals surface area contributed by atoms with Crippen LogP contribution in [0, 0.1) is 5.92 Å². The van der Waals surface area contributed by atoms with E-state index < -0.39 is 0 Å². The summed E-state index contributed by atoms with van der Waals surface area (Å²) >= 11 is 2.14. The van der Waals surface area contributed by atoms with Crippen LogP contribution in [0.15, 0.2) is 0 Å². The molecule has 3 rings (SSSR count). The standard InChI is InChI=1S/C15H28N2S/c1-12-15(11-16,8-10-18-12)17-9-4-7-14(17)13-5-2-3-6-13/h12-14H,2-11,16H2,1H3. The molecule has 3 unspecified atom stereocenters. The third-order valence-corrected chi connectivity index (χ3v) is 7.21. The van der Waals surface area contributed by atoms with E-state index in [0.29, 0.717) is 5.54 Å². The topological polar surface area (TPSA) is 29.3 Å². The van der Waals surface area contributed by atoms with E-state index in [1.165, 1.54) is 57.2 Å². The molecule has 0 aromatic rings. The summed E-state index contributed by atoms with van der Waals surface area (Å²) in [5.41, 5.74) is 6.57. The van der Waals surface area contributed by atoms with E-state index in [1.54, 1.807) is 0 Å². The van der Waals surface area contributed by atoms with Gasteiger partial charge in [0.1, 0.15) is 0 Å². The summed E-state index contributed by atoms with van der Waals surface area (Å²) in [6.45, 7) is 4.59. The van der Waals surface area contributed by atoms with Crippen LogP contribution < -0.4 is 5.73 Å².